The van der Waals surface area contributed by atoms with Crippen LogP contribution in [0.5, 0.6) is 5.75 Å². The van der Waals surface area contributed by atoms with Crippen LogP contribution in [0.2, 0.25) is 0 Å². The molecule has 39 heavy (non-hydrogen) atoms. The SMILES string of the molecule is CCCCCCCCCCCCCCOC(=O)c1cc2cc(N=Nc3cccc4cccc(O)c34)ccc2[nH]1. The highest BCUT2D eigenvalue weighted by Gasteiger charge is 2.11. The van der Waals surface area contributed by atoms with Crippen LogP contribution in [0.3, 0.4) is 0 Å². The maximum atomic E-state index is 12.5. The fraction of sp³-hybridized carbons (Fsp3) is 0.424. The van der Waals surface area contributed by atoms with Gasteiger partial charge in [0.1, 0.15) is 11.4 Å². The van der Waals surface area contributed by atoms with Crippen molar-refractivity contribution in [2.24, 2.45) is 10.2 Å². The van der Waals surface area contributed by atoms with E-state index in [0.29, 0.717) is 29.1 Å². The van der Waals surface area contributed by atoms with Gasteiger partial charge in [-0.3, -0.25) is 0 Å². The Hall–Kier alpha value is -3.67. The molecule has 0 unspecified atom stereocenters. The van der Waals surface area contributed by atoms with Crippen molar-refractivity contribution in [2.75, 3.05) is 6.61 Å². The van der Waals surface area contributed by atoms with E-state index >= 15 is 0 Å². The number of aromatic hydroxyl groups is 1. The topological polar surface area (TPSA) is 87.0 Å². The van der Waals surface area contributed by atoms with Gasteiger partial charge in [-0.25, -0.2) is 4.79 Å². The van der Waals surface area contributed by atoms with Gasteiger partial charge in [0.05, 0.1) is 23.4 Å². The third-order valence-electron chi connectivity index (χ3n) is 7.19. The predicted octanol–water partition coefficient (Wildman–Crippen LogP) is 10.3. The minimum atomic E-state index is -0.330. The third kappa shape index (κ3) is 8.41. The minimum Gasteiger partial charge on any atom is -0.507 e. The van der Waals surface area contributed by atoms with Gasteiger partial charge < -0.3 is 14.8 Å². The number of hydrogen-bond acceptors (Lipinski definition) is 5. The first kappa shape index (κ1) is 28.3. The van der Waals surface area contributed by atoms with Crippen LogP contribution in [0.15, 0.2) is 70.9 Å². The van der Waals surface area contributed by atoms with Crippen molar-refractivity contribution in [3.8, 4) is 5.75 Å². The zero-order valence-electron chi connectivity index (χ0n) is 23.1. The predicted molar refractivity (Wildman–Crippen MR) is 159 cm³/mol. The molecule has 6 heteroatoms. The van der Waals surface area contributed by atoms with Crippen molar-refractivity contribution in [3.63, 3.8) is 0 Å². The van der Waals surface area contributed by atoms with E-state index in [9.17, 15) is 9.90 Å². The van der Waals surface area contributed by atoms with Crippen LogP contribution < -0.4 is 0 Å². The fourth-order valence-corrected chi connectivity index (χ4v) is 4.97. The zero-order valence-corrected chi connectivity index (χ0v) is 23.1. The van der Waals surface area contributed by atoms with Crippen LogP contribution in [0.1, 0.15) is 94.5 Å². The number of benzene rings is 3. The summed E-state index contributed by atoms with van der Waals surface area (Å²) in [5.74, 6) is -0.154. The third-order valence-corrected chi connectivity index (χ3v) is 7.19. The molecule has 0 saturated carbocycles. The molecule has 0 amide bonds. The van der Waals surface area contributed by atoms with Crippen molar-refractivity contribution in [1.29, 1.82) is 0 Å². The Morgan fingerprint density at radius 3 is 2.15 bits per heavy atom. The highest BCUT2D eigenvalue weighted by molar-refractivity contribution is 5.97. The number of carbonyl (C=O) groups excluding carboxylic acids is 1. The molecule has 0 aliphatic carbocycles. The molecule has 0 radical (unpaired) electrons. The molecule has 0 aliphatic rings. The molecule has 0 bridgehead atoms. The first-order chi connectivity index (χ1) is 19.2. The van der Waals surface area contributed by atoms with E-state index < -0.39 is 0 Å². The number of nitrogens with zero attached hydrogens (tertiary/aromatic N) is 2. The van der Waals surface area contributed by atoms with Crippen molar-refractivity contribution >= 4 is 39.0 Å². The van der Waals surface area contributed by atoms with E-state index in [1.807, 2.05) is 42.5 Å². The molecule has 0 aliphatic heterocycles. The van der Waals surface area contributed by atoms with E-state index in [-0.39, 0.29) is 11.7 Å². The second-order valence-electron chi connectivity index (χ2n) is 10.3. The van der Waals surface area contributed by atoms with Gasteiger partial charge in [0, 0.05) is 10.9 Å². The molecule has 2 N–H and O–H groups in total. The molecule has 6 nitrogen and oxygen atoms in total. The van der Waals surface area contributed by atoms with E-state index in [1.54, 1.807) is 18.2 Å². The number of rotatable bonds is 16. The highest BCUT2D eigenvalue weighted by Crippen LogP contribution is 2.34. The van der Waals surface area contributed by atoms with Gasteiger partial charge in [-0.05, 0) is 48.2 Å². The Morgan fingerprint density at radius 2 is 1.44 bits per heavy atom. The molecule has 1 aromatic heterocycles. The van der Waals surface area contributed by atoms with E-state index in [0.717, 1.165) is 29.1 Å². The Morgan fingerprint density at radius 1 is 0.769 bits per heavy atom. The first-order valence-electron chi connectivity index (χ1n) is 14.6. The van der Waals surface area contributed by atoms with Crippen LogP contribution >= 0.6 is 0 Å². The van der Waals surface area contributed by atoms with Gasteiger partial charge in [0.15, 0.2) is 0 Å². The van der Waals surface area contributed by atoms with E-state index in [1.165, 1.54) is 64.2 Å². The molecule has 0 spiro atoms. The molecular formula is C33H41N3O3. The number of esters is 1. The number of H-pyrrole nitrogens is 1. The lowest BCUT2D eigenvalue weighted by Gasteiger charge is -2.04. The van der Waals surface area contributed by atoms with E-state index in [2.05, 4.69) is 22.1 Å². The molecule has 1 heterocycles. The van der Waals surface area contributed by atoms with Crippen molar-refractivity contribution < 1.29 is 14.6 Å². The molecule has 0 saturated heterocycles. The van der Waals surface area contributed by atoms with Gasteiger partial charge in [-0.2, -0.15) is 5.11 Å². The number of unbranched alkanes of at least 4 members (excludes halogenated alkanes) is 11. The first-order valence-corrected chi connectivity index (χ1v) is 14.6. The second kappa shape index (κ2) is 15.1. The number of nitrogens with one attached hydrogen (secondary N) is 1. The Balaban J connectivity index is 1.20. The quantitative estimate of drug-likeness (QED) is 0.0863. The van der Waals surface area contributed by atoms with Crippen LogP contribution in [-0.4, -0.2) is 22.7 Å². The number of phenols is 1. The number of fused-ring (bicyclic) bond motifs is 2. The monoisotopic (exact) mass is 527 g/mol. The average Bonchev–Trinajstić information content (AvgIpc) is 3.38. The lowest BCUT2D eigenvalue weighted by Crippen LogP contribution is -2.06. The van der Waals surface area contributed by atoms with Crippen molar-refractivity contribution in [3.05, 3.63) is 66.4 Å². The van der Waals surface area contributed by atoms with Crippen LogP contribution in [-0.2, 0) is 4.74 Å². The largest absolute Gasteiger partial charge is 0.507 e. The number of carbonyl (C=O) groups is 1. The van der Waals surface area contributed by atoms with Crippen molar-refractivity contribution in [2.45, 2.75) is 84.0 Å². The summed E-state index contributed by atoms with van der Waals surface area (Å²) in [7, 11) is 0. The summed E-state index contributed by atoms with van der Waals surface area (Å²) in [5.41, 5.74) is 2.54. The summed E-state index contributed by atoms with van der Waals surface area (Å²) in [6.07, 6.45) is 15.3. The van der Waals surface area contributed by atoms with Gasteiger partial charge >= 0.3 is 5.97 Å². The van der Waals surface area contributed by atoms with Gasteiger partial charge in [0.25, 0.3) is 0 Å². The number of aromatic amines is 1. The number of phenolic OH excluding ortho intramolecular Hbond substituents is 1. The van der Waals surface area contributed by atoms with Crippen LogP contribution in [0.25, 0.3) is 21.7 Å². The summed E-state index contributed by atoms with van der Waals surface area (Å²) < 4.78 is 5.50. The minimum absolute atomic E-state index is 0.176. The number of azo groups is 1. The molecule has 0 atom stereocenters. The zero-order chi connectivity index (χ0) is 27.3. The lowest BCUT2D eigenvalue weighted by atomic mass is 10.1. The summed E-state index contributed by atoms with van der Waals surface area (Å²) in [6.45, 7) is 2.71. The maximum Gasteiger partial charge on any atom is 0.354 e. The number of aromatic nitrogens is 1. The van der Waals surface area contributed by atoms with Crippen LogP contribution in [0.4, 0.5) is 11.4 Å². The standard InChI is InChI=1S/C33H41N3O3/c1-2-3-4-5-6-7-8-9-10-11-12-13-22-39-33(38)30-24-26-23-27(20-21-28(26)34-30)35-36-29-18-14-16-25-17-15-19-31(37)32(25)29/h14-21,23-24,34,37H,2-13,22H2,1H3. The molecule has 3 aromatic carbocycles. The van der Waals surface area contributed by atoms with Gasteiger partial charge in [-0.1, -0.05) is 102 Å². The Kier molecular flexibility index (Phi) is 10.9. The van der Waals surface area contributed by atoms with Crippen molar-refractivity contribution in [1.82, 2.24) is 4.98 Å². The highest BCUT2D eigenvalue weighted by atomic mass is 16.5. The molecule has 4 aromatic rings. The Labute approximate surface area is 231 Å². The molecular weight excluding hydrogens is 486 g/mol. The molecule has 4 rings (SSSR count). The van der Waals surface area contributed by atoms with Crippen LogP contribution in [0, 0.1) is 0 Å². The molecule has 206 valence electrons. The number of hydrogen-bond donors (Lipinski definition) is 2. The lowest BCUT2D eigenvalue weighted by molar-refractivity contribution is 0.0492. The van der Waals surface area contributed by atoms with E-state index in [4.69, 9.17) is 4.74 Å². The molecule has 0 fully saturated rings. The fourth-order valence-electron chi connectivity index (χ4n) is 4.97. The average molecular weight is 528 g/mol. The maximum absolute atomic E-state index is 12.5. The smallest absolute Gasteiger partial charge is 0.354 e. The summed E-state index contributed by atoms with van der Waals surface area (Å²) in [6, 6.07) is 18.4. The normalized spacial score (nSPS) is 11.6. The number of ether oxygens (including phenoxy) is 1. The second-order valence-corrected chi connectivity index (χ2v) is 10.3. The van der Waals surface area contributed by atoms with Gasteiger partial charge in [0.2, 0.25) is 0 Å². The summed E-state index contributed by atoms with van der Waals surface area (Å²) in [5, 5.41) is 21.5. The summed E-state index contributed by atoms with van der Waals surface area (Å²) in [4.78, 5) is 15.7. The van der Waals surface area contributed by atoms with Gasteiger partial charge in [-0.15, -0.1) is 5.11 Å². The Bertz CT molecular complexity index is 1370. The summed E-state index contributed by atoms with van der Waals surface area (Å²) >= 11 is 0.